The monoisotopic (exact) mass is 157 g/mol. The summed E-state index contributed by atoms with van der Waals surface area (Å²) in [5.74, 6) is 4.26. The summed E-state index contributed by atoms with van der Waals surface area (Å²) in [6.07, 6.45) is 4.41. The fraction of sp³-hybridized carbons (Fsp3) is 0.778. The Labute approximate surface area is 67.1 Å². The molecule has 0 bridgehead atoms. The molecule has 0 spiro atoms. The molecule has 1 aliphatic rings. The molecule has 1 fully saturated rings. The third-order valence-electron chi connectivity index (χ3n) is 1.82. The average Bonchev–Trinajstić information content (AvgIpc) is 1.88. The van der Waals surface area contributed by atoms with Crippen LogP contribution in [0.2, 0.25) is 0 Å². The summed E-state index contributed by atoms with van der Waals surface area (Å²) >= 11 is 0. The first-order chi connectivity index (χ1) is 4.79. The van der Waals surface area contributed by atoms with Gasteiger partial charge in [0, 0.05) is 0 Å². The molecule has 0 N–H and O–H groups in total. The third kappa shape index (κ3) is 2.78. The van der Waals surface area contributed by atoms with Gasteiger partial charge in [0.1, 0.15) is 17.3 Å². The van der Waals surface area contributed by atoms with Gasteiger partial charge in [0.2, 0.25) is 0 Å². The Morgan fingerprint density at radius 2 is 1.90 bits per heavy atom. The third-order valence-corrected chi connectivity index (χ3v) is 4.45. The first-order valence-corrected chi connectivity index (χ1v) is 5.81. The predicted molar refractivity (Wildman–Crippen MR) is 50.6 cm³/mol. The molecule has 0 aromatic heterocycles. The van der Waals surface area contributed by atoms with Gasteiger partial charge in [-0.2, -0.15) is 0 Å². The molecule has 0 aromatic rings. The zero-order chi connectivity index (χ0) is 7.40. The molecule has 1 heteroatoms. The van der Waals surface area contributed by atoms with Gasteiger partial charge in [-0.25, -0.2) is 0 Å². The molecular formula is C9H17S+. The summed E-state index contributed by atoms with van der Waals surface area (Å²) in [5, 5.41) is 0. The molecule has 1 saturated heterocycles. The summed E-state index contributed by atoms with van der Waals surface area (Å²) in [5.41, 5.74) is 1.38. The molecule has 0 aliphatic carbocycles. The van der Waals surface area contributed by atoms with Gasteiger partial charge in [-0.05, 0) is 42.7 Å². The maximum absolute atomic E-state index is 3.96. The molecule has 0 saturated carbocycles. The number of rotatable bonds is 2. The summed E-state index contributed by atoms with van der Waals surface area (Å²) in [6, 6.07) is 0. The van der Waals surface area contributed by atoms with Gasteiger partial charge in [0.15, 0.2) is 0 Å². The summed E-state index contributed by atoms with van der Waals surface area (Å²) in [4.78, 5) is 0. The Hall–Kier alpha value is 0.0900. The standard InChI is InChI=1S/C9H17S/c1-9(2)8-10-6-4-3-5-7-10/h1,3-8H2,2H3/q+1. The highest BCUT2D eigenvalue weighted by Gasteiger charge is 2.20. The van der Waals surface area contributed by atoms with Crippen molar-refractivity contribution in [1.82, 2.24) is 0 Å². The van der Waals surface area contributed by atoms with Crippen molar-refractivity contribution in [3.8, 4) is 0 Å². The van der Waals surface area contributed by atoms with Gasteiger partial charge < -0.3 is 0 Å². The molecule has 0 amide bonds. The van der Waals surface area contributed by atoms with Crippen LogP contribution in [0, 0.1) is 0 Å². The fourth-order valence-corrected chi connectivity index (χ4v) is 3.80. The lowest BCUT2D eigenvalue weighted by atomic mass is 10.3. The molecule has 10 heavy (non-hydrogen) atoms. The number of hydrogen-bond donors (Lipinski definition) is 0. The van der Waals surface area contributed by atoms with E-state index in [1.54, 1.807) is 0 Å². The lowest BCUT2D eigenvalue weighted by Crippen LogP contribution is -2.20. The summed E-state index contributed by atoms with van der Waals surface area (Å²) < 4.78 is 0. The molecule has 1 heterocycles. The molecule has 1 aliphatic heterocycles. The highest BCUT2D eigenvalue weighted by molar-refractivity contribution is 7.97. The van der Waals surface area contributed by atoms with Crippen LogP contribution < -0.4 is 0 Å². The highest BCUT2D eigenvalue weighted by Crippen LogP contribution is 2.15. The van der Waals surface area contributed by atoms with E-state index in [1.165, 1.54) is 42.1 Å². The van der Waals surface area contributed by atoms with Crippen LogP contribution in [-0.4, -0.2) is 17.3 Å². The zero-order valence-corrected chi connectivity index (χ0v) is 7.67. The lowest BCUT2D eigenvalue weighted by molar-refractivity contribution is 0.757. The van der Waals surface area contributed by atoms with Gasteiger partial charge >= 0.3 is 0 Å². The Bertz CT molecular complexity index is 112. The van der Waals surface area contributed by atoms with Crippen molar-refractivity contribution in [2.75, 3.05) is 17.3 Å². The molecule has 1 rings (SSSR count). The van der Waals surface area contributed by atoms with Crippen LogP contribution in [0.5, 0.6) is 0 Å². The van der Waals surface area contributed by atoms with Gasteiger partial charge in [-0.1, -0.05) is 6.58 Å². The smallest absolute Gasteiger partial charge is 0.0955 e. The minimum Gasteiger partial charge on any atom is -0.0955 e. The SMILES string of the molecule is C=C(C)C[S+]1CCCCC1. The maximum atomic E-state index is 3.96. The Balaban J connectivity index is 2.19. The maximum Gasteiger partial charge on any atom is 0.128 e. The Morgan fingerprint density at radius 3 is 2.40 bits per heavy atom. The lowest BCUT2D eigenvalue weighted by Gasteiger charge is -2.12. The van der Waals surface area contributed by atoms with Crippen LogP contribution in [0.3, 0.4) is 0 Å². The van der Waals surface area contributed by atoms with Crippen LogP contribution in [-0.2, 0) is 10.9 Å². The largest absolute Gasteiger partial charge is 0.128 e. The van der Waals surface area contributed by atoms with Crippen LogP contribution in [0.15, 0.2) is 12.2 Å². The van der Waals surface area contributed by atoms with Crippen molar-refractivity contribution >= 4 is 10.9 Å². The van der Waals surface area contributed by atoms with Crippen molar-refractivity contribution in [1.29, 1.82) is 0 Å². The van der Waals surface area contributed by atoms with Crippen LogP contribution in [0.25, 0.3) is 0 Å². The number of hydrogen-bond acceptors (Lipinski definition) is 0. The van der Waals surface area contributed by atoms with Gasteiger partial charge in [-0.3, -0.25) is 0 Å². The van der Waals surface area contributed by atoms with E-state index in [2.05, 4.69) is 13.5 Å². The second-order valence-corrected chi connectivity index (χ2v) is 5.51. The minimum absolute atomic E-state index is 0.726. The zero-order valence-electron chi connectivity index (χ0n) is 6.86. The average molecular weight is 157 g/mol. The van der Waals surface area contributed by atoms with Crippen LogP contribution in [0.4, 0.5) is 0 Å². The van der Waals surface area contributed by atoms with Crippen LogP contribution >= 0.6 is 0 Å². The molecule has 0 radical (unpaired) electrons. The summed E-state index contributed by atoms with van der Waals surface area (Å²) in [7, 11) is 0.726. The van der Waals surface area contributed by atoms with Crippen molar-refractivity contribution in [2.45, 2.75) is 26.2 Å². The predicted octanol–water partition coefficient (Wildman–Crippen LogP) is 2.36. The topological polar surface area (TPSA) is 0 Å². The Kier molecular flexibility index (Phi) is 3.33. The van der Waals surface area contributed by atoms with Gasteiger partial charge in [0.05, 0.1) is 0 Å². The Morgan fingerprint density at radius 1 is 1.30 bits per heavy atom. The molecule has 0 aromatic carbocycles. The second kappa shape index (κ2) is 4.07. The van der Waals surface area contributed by atoms with E-state index in [0.29, 0.717) is 0 Å². The first-order valence-electron chi connectivity index (χ1n) is 4.07. The van der Waals surface area contributed by atoms with E-state index in [1.807, 2.05) is 0 Å². The molecule has 0 atom stereocenters. The van der Waals surface area contributed by atoms with Crippen molar-refractivity contribution in [3.05, 3.63) is 12.2 Å². The van der Waals surface area contributed by atoms with Crippen molar-refractivity contribution in [3.63, 3.8) is 0 Å². The summed E-state index contributed by atoms with van der Waals surface area (Å²) in [6.45, 7) is 6.11. The van der Waals surface area contributed by atoms with E-state index in [0.717, 1.165) is 10.9 Å². The highest BCUT2D eigenvalue weighted by atomic mass is 32.2. The quantitative estimate of drug-likeness (QED) is 0.426. The van der Waals surface area contributed by atoms with E-state index in [9.17, 15) is 0 Å². The molecule has 58 valence electrons. The fourth-order valence-electron chi connectivity index (χ4n) is 1.38. The van der Waals surface area contributed by atoms with E-state index < -0.39 is 0 Å². The van der Waals surface area contributed by atoms with Gasteiger partial charge in [-0.15, -0.1) is 0 Å². The normalized spacial score (nSPS) is 20.9. The molecule has 0 nitrogen and oxygen atoms in total. The van der Waals surface area contributed by atoms with E-state index >= 15 is 0 Å². The molecular weight excluding hydrogens is 140 g/mol. The van der Waals surface area contributed by atoms with Gasteiger partial charge in [0.25, 0.3) is 0 Å². The van der Waals surface area contributed by atoms with Crippen molar-refractivity contribution < 1.29 is 0 Å². The van der Waals surface area contributed by atoms with E-state index in [4.69, 9.17) is 0 Å². The minimum atomic E-state index is 0.726. The first kappa shape index (κ1) is 8.19. The van der Waals surface area contributed by atoms with Crippen LogP contribution in [0.1, 0.15) is 26.2 Å². The molecule has 0 unspecified atom stereocenters. The van der Waals surface area contributed by atoms with Crippen molar-refractivity contribution in [2.24, 2.45) is 0 Å². The van der Waals surface area contributed by atoms with E-state index in [-0.39, 0.29) is 0 Å². The second-order valence-electron chi connectivity index (χ2n) is 3.18.